The van der Waals surface area contributed by atoms with Gasteiger partial charge in [-0.2, -0.15) is 0 Å². The second kappa shape index (κ2) is 11.1. The lowest BCUT2D eigenvalue weighted by Crippen LogP contribution is -2.36. The van der Waals surface area contributed by atoms with Crippen LogP contribution in [0.15, 0.2) is 78.6 Å². The average molecular weight is 571 g/mol. The molecule has 2 aromatic carbocycles. The molecular weight excluding hydrogens is 543 g/mol. The van der Waals surface area contributed by atoms with Gasteiger partial charge in [0.15, 0.2) is 0 Å². The van der Waals surface area contributed by atoms with Gasteiger partial charge in [-0.25, -0.2) is 5.10 Å². The van der Waals surface area contributed by atoms with Crippen LogP contribution in [-0.4, -0.2) is 63.2 Å². The van der Waals surface area contributed by atoms with Crippen LogP contribution in [0.4, 0.5) is 11.5 Å². The molecule has 12 heteroatoms. The van der Waals surface area contributed by atoms with Crippen molar-refractivity contribution in [2.75, 3.05) is 30.7 Å². The molecule has 0 aliphatic carbocycles. The van der Waals surface area contributed by atoms with Crippen molar-refractivity contribution in [2.45, 2.75) is 13.2 Å². The number of alkyl halides is 1. The maximum atomic E-state index is 11.8. The number of nitrogens with zero attached hydrogens (tertiary/aromatic N) is 3. The fourth-order valence-electron chi connectivity index (χ4n) is 5.05. The molecule has 0 saturated carbocycles. The fraction of sp³-hybridized carbons (Fsp3) is 0.172. The van der Waals surface area contributed by atoms with E-state index in [1.807, 2.05) is 73.0 Å². The molecule has 4 aromatic rings. The number of allylic oxidation sites excluding steroid dienone is 2. The highest BCUT2D eigenvalue weighted by Gasteiger charge is 2.36. The molecule has 0 unspecified atom stereocenters. The highest BCUT2D eigenvalue weighted by molar-refractivity contribution is 6.30. The van der Waals surface area contributed by atoms with Crippen molar-refractivity contribution in [3.63, 3.8) is 0 Å². The number of rotatable bonds is 9. The first kappa shape index (κ1) is 26.6. The van der Waals surface area contributed by atoms with Crippen LogP contribution in [-0.2, 0) is 17.9 Å². The molecule has 4 N–H and O–H groups in total. The van der Waals surface area contributed by atoms with E-state index < -0.39 is 0 Å². The molecular formula is C29H28BClN6O4+. The number of anilines is 2. The van der Waals surface area contributed by atoms with Gasteiger partial charge in [-0.05, 0) is 54.1 Å². The van der Waals surface area contributed by atoms with Crippen LogP contribution in [0.2, 0.25) is 0 Å². The van der Waals surface area contributed by atoms with E-state index in [9.17, 15) is 9.90 Å². The van der Waals surface area contributed by atoms with E-state index in [2.05, 4.69) is 36.8 Å². The Morgan fingerprint density at radius 2 is 1.90 bits per heavy atom. The molecule has 2 aromatic heterocycles. The Bertz CT molecular complexity index is 1700. The molecule has 2 aliphatic rings. The number of aliphatic hydroxyl groups is 1. The Morgan fingerprint density at radius 3 is 2.61 bits per heavy atom. The van der Waals surface area contributed by atoms with Crippen LogP contribution in [0.25, 0.3) is 5.57 Å². The topological polar surface area (TPSA) is 108 Å². The molecule has 6 rings (SSSR count). The standard InChI is InChI=1S/C29H28BClN6O4/c1-40-22-7-10-25(41-2)19(13-22)15-32-26-11-8-23-29(18-3-5-20(6-4-18)33-27(39)14-31)24-9-12-28(37(24)30-36(23)26)35-16-21(17-38)34-35/h3-13,16,32,34,38H,14-15,17H2,1-2H3,(H,33,39)/q+1. The summed E-state index contributed by atoms with van der Waals surface area (Å²) >= 11 is 5.66. The predicted octanol–water partition coefficient (Wildman–Crippen LogP) is 3.60. The average Bonchev–Trinajstić information content (AvgIpc) is 3.58. The van der Waals surface area contributed by atoms with Crippen molar-refractivity contribution in [3.8, 4) is 11.5 Å². The number of halogens is 1. The molecule has 0 spiro atoms. The maximum Gasteiger partial charge on any atom is 0.553 e. The Hall–Kier alpha value is -4.61. The predicted molar refractivity (Wildman–Crippen MR) is 159 cm³/mol. The highest BCUT2D eigenvalue weighted by Crippen LogP contribution is 2.36. The summed E-state index contributed by atoms with van der Waals surface area (Å²) < 4.78 is 17.1. The van der Waals surface area contributed by atoms with Gasteiger partial charge in [-0.1, -0.05) is 12.1 Å². The van der Waals surface area contributed by atoms with E-state index in [-0.39, 0.29) is 18.4 Å². The van der Waals surface area contributed by atoms with Crippen LogP contribution in [0.5, 0.6) is 11.5 Å². The van der Waals surface area contributed by atoms with E-state index >= 15 is 0 Å². The van der Waals surface area contributed by atoms with Gasteiger partial charge < -0.3 is 29.7 Å². The number of nitrogens with one attached hydrogen (secondary N) is 3. The number of methoxy groups -OCH3 is 2. The normalized spacial score (nSPS) is 13.7. The van der Waals surface area contributed by atoms with Crippen molar-refractivity contribution in [3.05, 3.63) is 101 Å². The van der Waals surface area contributed by atoms with Gasteiger partial charge in [-0.15, -0.1) is 16.3 Å². The summed E-state index contributed by atoms with van der Waals surface area (Å²) in [6.45, 7) is 0.463. The number of hydrogen-bond acceptors (Lipinski definition) is 5. The quantitative estimate of drug-likeness (QED) is 0.182. The van der Waals surface area contributed by atoms with Gasteiger partial charge in [0.25, 0.3) is 5.84 Å². The monoisotopic (exact) mass is 570 g/mol. The van der Waals surface area contributed by atoms with Crippen LogP contribution < -0.4 is 20.1 Å². The third-order valence-corrected chi connectivity index (χ3v) is 7.29. The van der Waals surface area contributed by atoms with Crippen molar-refractivity contribution < 1.29 is 23.9 Å². The minimum Gasteiger partial charge on any atom is -0.497 e. The number of aromatic amines is 1. The number of H-pyrrole nitrogens is 1. The number of carbonyl (C=O) groups excluding carboxylic acids is 1. The smallest absolute Gasteiger partial charge is 0.497 e. The summed E-state index contributed by atoms with van der Waals surface area (Å²) in [7, 11) is 5.34. The minimum atomic E-state index is -0.257. The van der Waals surface area contributed by atoms with E-state index in [0.29, 0.717) is 12.2 Å². The summed E-state index contributed by atoms with van der Waals surface area (Å²) in [5.41, 5.74) is 6.39. The van der Waals surface area contributed by atoms with Gasteiger partial charge in [-0.3, -0.25) is 9.28 Å². The zero-order valence-corrected chi connectivity index (χ0v) is 23.3. The number of carbonyl (C=O) groups is 1. The fourth-order valence-corrected chi connectivity index (χ4v) is 5.11. The first-order valence-corrected chi connectivity index (χ1v) is 13.5. The SMILES string of the molecule is COc1ccc(OC)c(CNc2ccc3n2[B][N+]2=C(n4cc(CO)[nH]4)C=CC2=C3c2ccc(NC(=O)CCl)cc2)c1. The van der Waals surface area contributed by atoms with E-state index in [1.165, 1.54) is 0 Å². The summed E-state index contributed by atoms with van der Waals surface area (Å²) in [6, 6.07) is 17.6. The summed E-state index contributed by atoms with van der Waals surface area (Å²) in [5, 5.41) is 19.0. The van der Waals surface area contributed by atoms with Crippen molar-refractivity contribution in [1.82, 2.24) is 14.3 Å². The third kappa shape index (κ3) is 4.94. The van der Waals surface area contributed by atoms with Crippen LogP contribution in [0.1, 0.15) is 22.5 Å². The maximum absolute atomic E-state index is 11.8. The van der Waals surface area contributed by atoms with Gasteiger partial charge in [0, 0.05) is 35.1 Å². The molecule has 0 fully saturated rings. The number of benzene rings is 2. The second-order valence-electron chi connectivity index (χ2n) is 9.50. The van der Waals surface area contributed by atoms with Crippen molar-refractivity contribution in [2.24, 2.45) is 0 Å². The molecule has 41 heavy (non-hydrogen) atoms. The summed E-state index contributed by atoms with van der Waals surface area (Å²) in [5.74, 6) is 2.95. The zero-order chi connectivity index (χ0) is 28.5. The number of hydrogen-bond donors (Lipinski definition) is 4. The van der Waals surface area contributed by atoms with Crippen LogP contribution in [0.3, 0.4) is 0 Å². The van der Waals surface area contributed by atoms with Gasteiger partial charge in [0.2, 0.25) is 5.91 Å². The lowest BCUT2D eigenvalue weighted by molar-refractivity contribution is -0.316. The Kier molecular flexibility index (Phi) is 7.21. The number of aliphatic hydroxyl groups excluding tert-OH is 1. The lowest BCUT2D eigenvalue weighted by Gasteiger charge is -2.23. The first-order valence-electron chi connectivity index (χ1n) is 13.0. The number of ether oxygens (including phenoxy) is 2. The zero-order valence-electron chi connectivity index (χ0n) is 22.5. The number of fused-ring (bicyclic) bond motifs is 2. The van der Waals surface area contributed by atoms with Crippen molar-refractivity contribution >= 4 is 48.0 Å². The Balaban J connectivity index is 1.39. The number of amides is 1. The Labute approximate surface area is 242 Å². The van der Waals surface area contributed by atoms with E-state index in [4.69, 9.17) is 21.1 Å². The second-order valence-corrected chi connectivity index (χ2v) is 9.76. The lowest BCUT2D eigenvalue weighted by atomic mass is 9.92. The molecule has 0 bridgehead atoms. The van der Waals surface area contributed by atoms with E-state index in [1.54, 1.807) is 14.2 Å². The third-order valence-electron chi connectivity index (χ3n) is 7.05. The van der Waals surface area contributed by atoms with E-state index in [0.717, 1.165) is 56.9 Å². The molecule has 1 amide bonds. The molecule has 1 radical (unpaired) electrons. The summed E-state index contributed by atoms with van der Waals surface area (Å²) in [6.07, 6.45) is 5.96. The molecule has 207 valence electrons. The van der Waals surface area contributed by atoms with Crippen LogP contribution in [0, 0.1) is 0 Å². The molecule has 0 atom stereocenters. The van der Waals surface area contributed by atoms with Gasteiger partial charge in [0.1, 0.15) is 35.0 Å². The molecule has 2 aliphatic heterocycles. The van der Waals surface area contributed by atoms with Gasteiger partial charge in [0.05, 0.1) is 26.6 Å². The highest BCUT2D eigenvalue weighted by atomic mass is 35.5. The first-order chi connectivity index (χ1) is 20.0. The molecule has 0 saturated heterocycles. The summed E-state index contributed by atoms with van der Waals surface area (Å²) in [4.78, 5) is 11.8. The number of aromatic nitrogens is 3. The molecule has 4 heterocycles. The van der Waals surface area contributed by atoms with Gasteiger partial charge >= 0.3 is 7.55 Å². The largest absolute Gasteiger partial charge is 0.553 e. The molecule has 10 nitrogen and oxygen atoms in total. The van der Waals surface area contributed by atoms with Crippen molar-refractivity contribution in [1.29, 1.82) is 0 Å². The Morgan fingerprint density at radius 1 is 1.10 bits per heavy atom. The van der Waals surface area contributed by atoms with Crippen LogP contribution >= 0.6 is 11.6 Å². The minimum absolute atomic E-state index is 0.0543.